The molecule has 0 saturated heterocycles. The zero-order valence-electron chi connectivity index (χ0n) is 16.2. The number of nitrogens with one attached hydrogen (secondary N) is 1. The van der Waals surface area contributed by atoms with E-state index in [4.69, 9.17) is 14.7 Å². The first-order valence-electron chi connectivity index (χ1n) is 9.15. The number of amides is 1. The predicted molar refractivity (Wildman–Crippen MR) is 99.1 cm³/mol. The Bertz CT molecular complexity index is 919. The number of ether oxygens (including phenoxy) is 2. The monoisotopic (exact) mass is 386 g/mol. The lowest BCUT2D eigenvalue weighted by Gasteiger charge is -2.24. The van der Waals surface area contributed by atoms with Crippen LogP contribution in [0.15, 0.2) is 18.2 Å². The fraction of sp³-hybridized carbons (Fsp3) is 0.450. The van der Waals surface area contributed by atoms with Crippen molar-refractivity contribution in [2.24, 2.45) is 0 Å². The smallest absolute Gasteiger partial charge is 0.270 e. The molecule has 7 nitrogen and oxygen atoms in total. The Morgan fingerprint density at radius 3 is 2.96 bits per heavy atom. The lowest BCUT2D eigenvalue weighted by molar-refractivity contribution is -0.00716. The summed E-state index contributed by atoms with van der Waals surface area (Å²) in [6.45, 7) is 4.73. The van der Waals surface area contributed by atoms with E-state index in [1.165, 1.54) is 12.1 Å². The number of nitriles is 1. The van der Waals surface area contributed by atoms with Crippen LogP contribution in [0.1, 0.15) is 52.8 Å². The molecule has 1 amide bonds. The van der Waals surface area contributed by atoms with Crippen LogP contribution in [0.5, 0.6) is 0 Å². The highest BCUT2D eigenvalue weighted by Crippen LogP contribution is 2.31. The average Bonchev–Trinajstić information content (AvgIpc) is 3.03. The van der Waals surface area contributed by atoms with Gasteiger partial charge in [0, 0.05) is 31.2 Å². The molecule has 0 radical (unpaired) electrons. The highest BCUT2D eigenvalue weighted by molar-refractivity contribution is 5.94. The highest BCUT2D eigenvalue weighted by Gasteiger charge is 2.32. The Kier molecular flexibility index (Phi) is 6.07. The third-order valence-corrected chi connectivity index (χ3v) is 4.74. The topological polar surface area (TPSA) is 89.2 Å². The van der Waals surface area contributed by atoms with Crippen molar-refractivity contribution < 1.29 is 18.7 Å². The first-order valence-corrected chi connectivity index (χ1v) is 9.15. The first kappa shape index (κ1) is 20.0. The van der Waals surface area contributed by atoms with Gasteiger partial charge in [0.15, 0.2) is 0 Å². The van der Waals surface area contributed by atoms with Gasteiger partial charge < -0.3 is 14.8 Å². The third-order valence-electron chi connectivity index (χ3n) is 4.74. The summed E-state index contributed by atoms with van der Waals surface area (Å²) in [5.74, 6) is -0.847. The van der Waals surface area contributed by atoms with Crippen molar-refractivity contribution in [3.05, 3.63) is 52.1 Å². The van der Waals surface area contributed by atoms with Crippen LogP contribution in [-0.4, -0.2) is 35.5 Å². The molecular formula is C20H23FN4O3. The second kappa shape index (κ2) is 8.50. The maximum absolute atomic E-state index is 14.1. The molecule has 1 aromatic carbocycles. The van der Waals surface area contributed by atoms with Gasteiger partial charge in [0.2, 0.25) is 0 Å². The second-order valence-electron chi connectivity index (χ2n) is 6.82. The average molecular weight is 386 g/mol. The molecule has 0 bridgehead atoms. The van der Waals surface area contributed by atoms with Gasteiger partial charge in [0.1, 0.15) is 11.5 Å². The Hall–Kier alpha value is -2.76. The van der Waals surface area contributed by atoms with Crippen molar-refractivity contribution in [2.75, 3.05) is 13.7 Å². The van der Waals surface area contributed by atoms with Crippen LogP contribution in [-0.2, 0) is 29.0 Å². The van der Waals surface area contributed by atoms with Crippen molar-refractivity contribution in [3.8, 4) is 6.07 Å². The van der Waals surface area contributed by atoms with Gasteiger partial charge in [-0.15, -0.1) is 0 Å². The van der Waals surface area contributed by atoms with E-state index in [1.54, 1.807) is 11.8 Å². The van der Waals surface area contributed by atoms with Crippen molar-refractivity contribution in [1.82, 2.24) is 15.1 Å². The number of methoxy groups -OCH3 is 1. The normalized spacial score (nSPS) is 18.4. The molecular weight excluding hydrogens is 363 g/mol. The van der Waals surface area contributed by atoms with E-state index in [0.717, 1.165) is 17.3 Å². The van der Waals surface area contributed by atoms with E-state index < -0.39 is 5.82 Å². The Labute approximate surface area is 163 Å². The highest BCUT2D eigenvalue weighted by atomic mass is 19.1. The molecule has 1 aliphatic heterocycles. The molecule has 2 aromatic rings. The molecule has 8 heteroatoms. The maximum Gasteiger partial charge on any atom is 0.270 e. The molecule has 2 atom stereocenters. The molecule has 2 heterocycles. The molecule has 0 aliphatic carbocycles. The lowest BCUT2D eigenvalue weighted by Crippen LogP contribution is -2.29. The summed E-state index contributed by atoms with van der Waals surface area (Å²) in [5, 5.41) is 16.2. The summed E-state index contributed by atoms with van der Waals surface area (Å²) in [7, 11) is 1.59. The minimum absolute atomic E-state index is 0.0161. The molecule has 0 fully saturated rings. The van der Waals surface area contributed by atoms with Crippen LogP contribution in [0.2, 0.25) is 0 Å². The number of rotatable bonds is 6. The molecule has 28 heavy (non-hydrogen) atoms. The van der Waals surface area contributed by atoms with Gasteiger partial charge in [-0.3, -0.25) is 9.48 Å². The third kappa shape index (κ3) is 4.06. The van der Waals surface area contributed by atoms with Crippen LogP contribution in [0.25, 0.3) is 0 Å². The molecule has 0 saturated carbocycles. The summed E-state index contributed by atoms with van der Waals surface area (Å²) in [5.41, 5.74) is 2.63. The number of carbonyl (C=O) groups is 1. The molecule has 148 valence electrons. The van der Waals surface area contributed by atoms with E-state index in [9.17, 15) is 9.18 Å². The molecule has 0 unspecified atom stereocenters. The molecule has 3 rings (SSSR count). The second-order valence-corrected chi connectivity index (χ2v) is 6.82. The number of carbonyl (C=O) groups excluding carboxylic acids is 1. The largest absolute Gasteiger partial charge is 0.383 e. The number of aromatic nitrogens is 2. The van der Waals surface area contributed by atoms with Gasteiger partial charge in [-0.2, -0.15) is 10.4 Å². The summed E-state index contributed by atoms with van der Waals surface area (Å²) in [6, 6.07) is 6.08. The van der Waals surface area contributed by atoms with Crippen LogP contribution in [0.4, 0.5) is 4.39 Å². The van der Waals surface area contributed by atoms with Crippen molar-refractivity contribution in [2.45, 2.75) is 45.6 Å². The molecule has 1 aliphatic rings. The van der Waals surface area contributed by atoms with Gasteiger partial charge in [-0.05, 0) is 26.0 Å². The number of benzene rings is 1. The van der Waals surface area contributed by atoms with Crippen molar-refractivity contribution in [1.29, 1.82) is 5.26 Å². The van der Waals surface area contributed by atoms with Crippen LogP contribution in [0.3, 0.4) is 0 Å². The summed E-state index contributed by atoms with van der Waals surface area (Å²) >= 11 is 0. The van der Waals surface area contributed by atoms with E-state index in [1.807, 2.05) is 19.9 Å². The van der Waals surface area contributed by atoms with Gasteiger partial charge in [-0.1, -0.05) is 6.07 Å². The molecule has 1 N–H and O–H groups in total. The fourth-order valence-corrected chi connectivity index (χ4v) is 3.41. The van der Waals surface area contributed by atoms with Gasteiger partial charge in [0.05, 0.1) is 42.7 Å². The summed E-state index contributed by atoms with van der Waals surface area (Å²) in [6.07, 6.45) is 0.357. The van der Waals surface area contributed by atoms with Crippen LogP contribution >= 0.6 is 0 Å². The Morgan fingerprint density at radius 2 is 2.29 bits per heavy atom. The lowest BCUT2D eigenvalue weighted by atomic mass is 9.99. The SMILES string of the molecule is COCCn1nc2c(c1C(=O)NCc1ccc(C#N)cc1F)C[C@H](C)O[C@@H]2C. The first-order chi connectivity index (χ1) is 13.4. The number of halogens is 1. The van der Waals surface area contributed by atoms with Crippen molar-refractivity contribution in [3.63, 3.8) is 0 Å². The Morgan fingerprint density at radius 1 is 1.50 bits per heavy atom. The zero-order chi connectivity index (χ0) is 20.3. The van der Waals surface area contributed by atoms with Crippen LogP contribution in [0, 0.1) is 17.1 Å². The van der Waals surface area contributed by atoms with E-state index in [2.05, 4.69) is 10.4 Å². The minimum Gasteiger partial charge on any atom is -0.383 e. The summed E-state index contributed by atoms with van der Waals surface area (Å²) < 4.78 is 26.7. The van der Waals surface area contributed by atoms with Gasteiger partial charge in [-0.25, -0.2) is 4.39 Å². The quantitative estimate of drug-likeness (QED) is 0.824. The standard InChI is InChI=1S/C20H23FN4O3/c1-12-8-16-18(13(2)28-12)24-25(6-7-27-3)19(16)20(26)23-11-15-5-4-14(10-22)9-17(15)21/h4-5,9,12-13H,6-8,11H2,1-3H3,(H,23,26)/t12-,13+/m0/s1. The maximum atomic E-state index is 14.1. The number of fused-ring (bicyclic) bond motifs is 1. The Balaban J connectivity index is 1.85. The number of nitrogens with zero attached hydrogens (tertiary/aromatic N) is 3. The minimum atomic E-state index is -0.523. The van der Waals surface area contributed by atoms with Crippen LogP contribution < -0.4 is 5.32 Å². The van der Waals surface area contributed by atoms with E-state index >= 15 is 0 Å². The van der Waals surface area contributed by atoms with Gasteiger partial charge >= 0.3 is 0 Å². The summed E-state index contributed by atoms with van der Waals surface area (Å²) in [4.78, 5) is 13.0. The van der Waals surface area contributed by atoms with Crippen molar-refractivity contribution >= 4 is 5.91 Å². The zero-order valence-corrected chi connectivity index (χ0v) is 16.2. The predicted octanol–water partition coefficient (Wildman–Crippen LogP) is 2.49. The van der Waals surface area contributed by atoms with E-state index in [0.29, 0.717) is 30.8 Å². The molecule has 1 aromatic heterocycles. The molecule has 0 spiro atoms. The number of hydrogen-bond donors (Lipinski definition) is 1. The van der Waals surface area contributed by atoms with E-state index in [-0.39, 0.29) is 30.2 Å². The number of hydrogen-bond acceptors (Lipinski definition) is 5. The fourth-order valence-electron chi connectivity index (χ4n) is 3.41. The van der Waals surface area contributed by atoms with Gasteiger partial charge in [0.25, 0.3) is 5.91 Å².